The van der Waals surface area contributed by atoms with E-state index in [0.29, 0.717) is 6.10 Å². The molecular formula is C12H20N2O2S. The van der Waals surface area contributed by atoms with Crippen molar-refractivity contribution in [2.45, 2.75) is 38.9 Å². The summed E-state index contributed by atoms with van der Waals surface area (Å²) in [7, 11) is 0. The van der Waals surface area contributed by atoms with Gasteiger partial charge in [0.2, 0.25) is 0 Å². The number of ether oxygens (including phenoxy) is 1. The van der Waals surface area contributed by atoms with Gasteiger partial charge in [0.1, 0.15) is 0 Å². The molecule has 1 aliphatic heterocycles. The van der Waals surface area contributed by atoms with E-state index in [1.807, 2.05) is 5.38 Å². The van der Waals surface area contributed by atoms with Crippen LogP contribution in [-0.2, 0) is 4.74 Å². The Bertz CT molecular complexity index is 348. The van der Waals surface area contributed by atoms with E-state index in [9.17, 15) is 5.11 Å². The molecule has 4 nitrogen and oxygen atoms in total. The summed E-state index contributed by atoms with van der Waals surface area (Å²) in [4.78, 5) is 6.69. The van der Waals surface area contributed by atoms with E-state index in [1.165, 1.54) is 6.42 Å². The van der Waals surface area contributed by atoms with Gasteiger partial charge in [0, 0.05) is 25.1 Å². The largest absolute Gasteiger partial charge is 0.387 e. The molecule has 1 aliphatic rings. The summed E-state index contributed by atoms with van der Waals surface area (Å²) < 4.78 is 5.65. The summed E-state index contributed by atoms with van der Waals surface area (Å²) in [5.41, 5.74) is 0.760. The summed E-state index contributed by atoms with van der Waals surface area (Å²) in [6.45, 7) is 6.59. The second kappa shape index (κ2) is 5.80. The lowest BCUT2D eigenvalue weighted by molar-refractivity contribution is 0.115. The van der Waals surface area contributed by atoms with Crippen molar-refractivity contribution in [2.24, 2.45) is 0 Å². The second-order valence-electron chi connectivity index (χ2n) is 4.40. The van der Waals surface area contributed by atoms with Crippen LogP contribution < -0.4 is 4.90 Å². The molecule has 2 atom stereocenters. The molecule has 1 aromatic heterocycles. The molecule has 1 aromatic rings. The van der Waals surface area contributed by atoms with E-state index in [0.717, 1.165) is 36.9 Å². The molecule has 96 valence electrons. The Kier molecular flexibility index (Phi) is 4.36. The third kappa shape index (κ3) is 3.18. The molecule has 1 fully saturated rings. The Balaban J connectivity index is 2.00. The Morgan fingerprint density at radius 3 is 3.06 bits per heavy atom. The Hall–Kier alpha value is -0.650. The van der Waals surface area contributed by atoms with Crippen LogP contribution in [0, 0.1) is 0 Å². The van der Waals surface area contributed by atoms with Gasteiger partial charge in [-0.2, -0.15) is 0 Å². The molecule has 0 aliphatic carbocycles. The molecular weight excluding hydrogens is 236 g/mol. The number of aliphatic hydroxyl groups excluding tert-OH is 1. The Morgan fingerprint density at radius 2 is 2.53 bits per heavy atom. The van der Waals surface area contributed by atoms with Crippen molar-refractivity contribution in [3.8, 4) is 0 Å². The fourth-order valence-corrected chi connectivity index (χ4v) is 2.98. The molecule has 0 spiro atoms. The van der Waals surface area contributed by atoms with Crippen LogP contribution in [0.15, 0.2) is 5.38 Å². The molecule has 5 heteroatoms. The fraction of sp³-hybridized carbons (Fsp3) is 0.750. The molecule has 0 bridgehead atoms. The van der Waals surface area contributed by atoms with Crippen molar-refractivity contribution in [1.29, 1.82) is 0 Å². The van der Waals surface area contributed by atoms with E-state index >= 15 is 0 Å². The van der Waals surface area contributed by atoms with Gasteiger partial charge in [0.25, 0.3) is 0 Å². The Labute approximate surface area is 106 Å². The topological polar surface area (TPSA) is 45.6 Å². The quantitative estimate of drug-likeness (QED) is 0.877. The van der Waals surface area contributed by atoms with E-state index in [-0.39, 0.29) is 0 Å². The third-order valence-corrected chi connectivity index (χ3v) is 3.96. The maximum Gasteiger partial charge on any atom is 0.185 e. The van der Waals surface area contributed by atoms with E-state index in [2.05, 4.69) is 16.8 Å². The SMILES string of the molecule is CCN(CC1CCCO1)c1nc(C(C)O)cs1. The molecule has 2 heterocycles. The van der Waals surface area contributed by atoms with Crippen LogP contribution in [0.5, 0.6) is 0 Å². The van der Waals surface area contributed by atoms with Crippen LogP contribution in [0.25, 0.3) is 0 Å². The predicted molar refractivity (Wildman–Crippen MR) is 69.6 cm³/mol. The number of likely N-dealkylation sites (N-methyl/N-ethyl adjacent to an activating group) is 1. The molecule has 0 saturated carbocycles. The van der Waals surface area contributed by atoms with Crippen molar-refractivity contribution in [3.05, 3.63) is 11.1 Å². The van der Waals surface area contributed by atoms with Crippen LogP contribution in [-0.4, -0.2) is 35.9 Å². The van der Waals surface area contributed by atoms with Gasteiger partial charge in [-0.25, -0.2) is 4.98 Å². The van der Waals surface area contributed by atoms with Crippen LogP contribution in [0.3, 0.4) is 0 Å². The van der Waals surface area contributed by atoms with Crippen molar-refractivity contribution in [1.82, 2.24) is 4.98 Å². The molecule has 0 aromatic carbocycles. The Morgan fingerprint density at radius 1 is 1.71 bits per heavy atom. The van der Waals surface area contributed by atoms with E-state index in [1.54, 1.807) is 18.3 Å². The van der Waals surface area contributed by atoms with Crippen LogP contribution >= 0.6 is 11.3 Å². The smallest absolute Gasteiger partial charge is 0.185 e. The molecule has 0 amide bonds. The number of nitrogens with zero attached hydrogens (tertiary/aromatic N) is 2. The number of thiazole rings is 1. The summed E-state index contributed by atoms with van der Waals surface area (Å²) in [6, 6.07) is 0. The molecule has 17 heavy (non-hydrogen) atoms. The highest BCUT2D eigenvalue weighted by Crippen LogP contribution is 2.25. The van der Waals surface area contributed by atoms with Gasteiger partial charge < -0.3 is 14.7 Å². The first-order valence-electron chi connectivity index (χ1n) is 6.20. The lowest BCUT2D eigenvalue weighted by atomic mass is 10.2. The second-order valence-corrected chi connectivity index (χ2v) is 5.24. The zero-order valence-electron chi connectivity index (χ0n) is 10.4. The minimum absolute atomic E-state index is 0.342. The normalized spacial score (nSPS) is 21.7. The third-order valence-electron chi connectivity index (χ3n) is 3.04. The number of aromatic nitrogens is 1. The van der Waals surface area contributed by atoms with Gasteiger partial charge in [-0.15, -0.1) is 11.3 Å². The van der Waals surface area contributed by atoms with Crippen molar-refractivity contribution >= 4 is 16.5 Å². The lowest BCUT2D eigenvalue weighted by Crippen LogP contribution is -2.31. The van der Waals surface area contributed by atoms with Crippen molar-refractivity contribution in [2.75, 3.05) is 24.6 Å². The van der Waals surface area contributed by atoms with E-state index < -0.39 is 6.10 Å². The molecule has 2 unspecified atom stereocenters. The minimum Gasteiger partial charge on any atom is -0.387 e. The summed E-state index contributed by atoms with van der Waals surface area (Å²) >= 11 is 1.59. The first-order chi connectivity index (χ1) is 8.20. The van der Waals surface area contributed by atoms with Crippen LogP contribution in [0.1, 0.15) is 38.5 Å². The highest BCUT2D eigenvalue weighted by atomic mass is 32.1. The number of hydrogen-bond acceptors (Lipinski definition) is 5. The fourth-order valence-electron chi connectivity index (χ4n) is 1.99. The maximum atomic E-state index is 9.48. The summed E-state index contributed by atoms with van der Waals surface area (Å²) in [6.07, 6.45) is 2.17. The zero-order chi connectivity index (χ0) is 12.3. The standard InChI is InChI=1S/C12H20N2O2S/c1-3-14(7-10-5-4-6-16-10)12-13-11(8-17-12)9(2)15/h8-10,15H,3-7H2,1-2H3. The monoisotopic (exact) mass is 256 g/mol. The van der Waals surface area contributed by atoms with Gasteiger partial charge in [0.05, 0.1) is 17.9 Å². The lowest BCUT2D eigenvalue weighted by Gasteiger charge is -2.23. The molecule has 1 saturated heterocycles. The minimum atomic E-state index is -0.485. The molecule has 0 radical (unpaired) electrons. The number of aliphatic hydroxyl groups is 1. The predicted octanol–water partition coefficient (Wildman–Crippen LogP) is 2.20. The highest BCUT2D eigenvalue weighted by molar-refractivity contribution is 7.13. The van der Waals surface area contributed by atoms with Gasteiger partial charge in [-0.05, 0) is 26.7 Å². The highest BCUT2D eigenvalue weighted by Gasteiger charge is 2.20. The molecule has 1 N–H and O–H groups in total. The maximum absolute atomic E-state index is 9.48. The first-order valence-corrected chi connectivity index (χ1v) is 7.08. The van der Waals surface area contributed by atoms with Gasteiger partial charge in [0.15, 0.2) is 5.13 Å². The van der Waals surface area contributed by atoms with Crippen LogP contribution in [0.2, 0.25) is 0 Å². The van der Waals surface area contributed by atoms with Gasteiger partial charge >= 0.3 is 0 Å². The average molecular weight is 256 g/mol. The average Bonchev–Trinajstić information content (AvgIpc) is 2.96. The zero-order valence-corrected chi connectivity index (χ0v) is 11.2. The number of anilines is 1. The summed E-state index contributed by atoms with van der Waals surface area (Å²) in [5.74, 6) is 0. The van der Waals surface area contributed by atoms with Crippen LogP contribution in [0.4, 0.5) is 5.13 Å². The molecule has 2 rings (SSSR count). The number of rotatable bonds is 5. The van der Waals surface area contributed by atoms with Crippen molar-refractivity contribution < 1.29 is 9.84 Å². The van der Waals surface area contributed by atoms with E-state index in [4.69, 9.17) is 4.74 Å². The van der Waals surface area contributed by atoms with Crippen molar-refractivity contribution in [3.63, 3.8) is 0 Å². The van der Waals surface area contributed by atoms with Gasteiger partial charge in [-0.3, -0.25) is 0 Å². The number of hydrogen-bond donors (Lipinski definition) is 1. The summed E-state index contributed by atoms with van der Waals surface area (Å²) in [5, 5.41) is 12.4. The first kappa shape index (κ1) is 12.8. The van der Waals surface area contributed by atoms with Gasteiger partial charge in [-0.1, -0.05) is 0 Å².